The molecular formula is C11H11Br. The molecule has 0 N–H and O–H groups in total. The molecule has 0 nitrogen and oxygen atoms in total. The van der Waals surface area contributed by atoms with Crippen molar-refractivity contribution in [3.8, 4) is 11.8 Å². The zero-order valence-electron chi connectivity index (χ0n) is 7.10. The Morgan fingerprint density at radius 1 is 1.42 bits per heavy atom. The Balaban J connectivity index is 2.71. The van der Waals surface area contributed by atoms with Crippen LogP contribution in [0.15, 0.2) is 24.3 Å². The maximum absolute atomic E-state index is 3.33. The Labute approximate surface area is 82.1 Å². The largest absolute Gasteiger partial charge is 0.0970 e. The van der Waals surface area contributed by atoms with Crippen LogP contribution in [0.1, 0.15) is 17.5 Å². The average molecular weight is 223 g/mol. The first kappa shape index (κ1) is 9.35. The second-order valence-electron chi connectivity index (χ2n) is 2.61. The van der Waals surface area contributed by atoms with Crippen molar-refractivity contribution in [2.24, 2.45) is 0 Å². The van der Waals surface area contributed by atoms with E-state index in [2.05, 4.69) is 46.8 Å². The minimum atomic E-state index is 0.911. The summed E-state index contributed by atoms with van der Waals surface area (Å²) in [6.45, 7) is 2.08. The van der Waals surface area contributed by atoms with Crippen molar-refractivity contribution >= 4 is 15.9 Å². The molecule has 0 saturated carbocycles. The van der Waals surface area contributed by atoms with Crippen molar-refractivity contribution in [3.63, 3.8) is 0 Å². The summed E-state index contributed by atoms with van der Waals surface area (Å²) in [4.78, 5) is 0. The fourth-order valence-corrected chi connectivity index (χ4v) is 1.13. The first-order chi connectivity index (χ1) is 5.83. The van der Waals surface area contributed by atoms with Crippen LogP contribution in [0.4, 0.5) is 0 Å². The van der Waals surface area contributed by atoms with E-state index < -0.39 is 0 Å². The second kappa shape index (κ2) is 5.00. The molecule has 0 aromatic heterocycles. The van der Waals surface area contributed by atoms with E-state index in [9.17, 15) is 0 Å². The highest BCUT2D eigenvalue weighted by molar-refractivity contribution is 9.09. The summed E-state index contributed by atoms with van der Waals surface area (Å²) >= 11 is 3.33. The molecule has 1 aromatic carbocycles. The van der Waals surface area contributed by atoms with Gasteiger partial charge < -0.3 is 0 Å². The van der Waals surface area contributed by atoms with Gasteiger partial charge >= 0.3 is 0 Å². The Morgan fingerprint density at radius 3 is 2.92 bits per heavy atom. The molecule has 1 rings (SSSR count). The van der Waals surface area contributed by atoms with Gasteiger partial charge in [-0.1, -0.05) is 39.9 Å². The summed E-state index contributed by atoms with van der Waals surface area (Å²) in [5, 5.41) is 0.950. The van der Waals surface area contributed by atoms with Gasteiger partial charge in [-0.2, -0.15) is 0 Å². The first-order valence-corrected chi connectivity index (χ1v) is 5.06. The molecule has 0 bridgehead atoms. The van der Waals surface area contributed by atoms with Gasteiger partial charge in [0.25, 0.3) is 0 Å². The lowest BCUT2D eigenvalue weighted by Crippen LogP contribution is -1.76. The third-order valence-corrected chi connectivity index (χ3v) is 1.87. The molecular weight excluding hydrogens is 212 g/mol. The molecule has 0 unspecified atom stereocenters. The number of rotatable bonds is 1. The van der Waals surface area contributed by atoms with E-state index in [0.29, 0.717) is 0 Å². The zero-order chi connectivity index (χ0) is 8.81. The lowest BCUT2D eigenvalue weighted by molar-refractivity contribution is 1.32. The zero-order valence-corrected chi connectivity index (χ0v) is 8.69. The van der Waals surface area contributed by atoms with Crippen molar-refractivity contribution in [1.29, 1.82) is 0 Å². The van der Waals surface area contributed by atoms with E-state index >= 15 is 0 Å². The molecule has 0 spiro atoms. The topological polar surface area (TPSA) is 0 Å². The summed E-state index contributed by atoms with van der Waals surface area (Å²) in [5.74, 6) is 6.19. The van der Waals surface area contributed by atoms with E-state index in [1.54, 1.807) is 0 Å². The molecule has 0 radical (unpaired) electrons. The van der Waals surface area contributed by atoms with E-state index in [0.717, 1.165) is 17.3 Å². The van der Waals surface area contributed by atoms with Crippen LogP contribution in [-0.2, 0) is 0 Å². The SMILES string of the molecule is Cc1cccc(C#CCCBr)c1. The Kier molecular flexibility index (Phi) is 3.90. The van der Waals surface area contributed by atoms with Crippen LogP contribution in [0.25, 0.3) is 0 Å². The molecule has 12 heavy (non-hydrogen) atoms. The van der Waals surface area contributed by atoms with E-state index in [1.807, 2.05) is 12.1 Å². The van der Waals surface area contributed by atoms with Gasteiger partial charge in [-0.15, -0.1) is 0 Å². The van der Waals surface area contributed by atoms with E-state index in [-0.39, 0.29) is 0 Å². The van der Waals surface area contributed by atoms with Gasteiger partial charge in [0, 0.05) is 17.3 Å². The smallest absolute Gasteiger partial charge is 0.0247 e. The summed E-state index contributed by atoms with van der Waals surface area (Å²) in [7, 11) is 0. The number of hydrogen-bond acceptors (Lipinski definition) is 0. The van der Waals surface area contributed by atoms with Gasteiger partial charge in [-0.05, 0) is 24.6 Å². The number of halogens is 1. The van der Waals surface area contributed by atoms with Gasteiger partial charge in [0.2, 0.25) is 0 Å². The van der Waals surface area contributed by atoms with Crippen LogP contribution < -0.4 is 0 Å². The molecule has 0 atom stereocenters. The summed E-state index contributed by atoms with van der Waals surface area (Å²) in [5.41, 5.74) is 2.37. The lowest BCUT2D eigenvalue weighted by Gasteiger charge is -1.91. The Bertz CT molecular complexity index is 304. The molecule has 1 heteroatoms. The quantitative estimate of drug-likeness (QED) is 0.506. The van der Waals surface area contributed by atoms with Crippen LogP contribution in [0.2, 0.25) is 0 Å². The van der Waals surface area contributed by atoms with Crippen LogP contribution in [0.3, 0.4) is 0 Å². The van der Waals surface area contributed by atoms with Crippen LogP contribution in [0.5, 0.6) is 0 Å². The molecule has 1 aromatic rings. The third kappa shape index (κ3) is 3.11. The molecule has 0 aliphatic rings. The van der Waals surface area contributed by atoms with Gasteiger partial charge in [-0.25, -0.2) is 0 Å². The highest BCUT2D eigenvalue weighted by Crippen LogP contribution is 2.01. The third-order valence-electron chi connectivity index (χ3n) is 1.47. The van der Waals surface area contributed by atoms with Crippen molar-refractivity contribution in [2.75, 3.05) is 5.33 Å². The maximum Gasteiger partial charge on any atom is 0.0247 e. The minimum Gasteiger partial charge on any atom is -0.0970 e. The lowest BCUT2D eigenvalue weighted by atomic mass is 10.1. The number of benzene rings is 1. The maximum atomic E-state index is 3.33. The van der Waals surface area contributed by atoms with E-state index in [1.165, 1.54) is 5.56 Å². The van der Waals surface area contributed by atoms with Crippen molar-refractivity contribution in [1.82, 2.24) is 0 Å². The van der Waals surface area contributed by atoms with Crippen LogP contribution in [-0.4, -0.2) is 5.33 Å². The fraction of sp³-hybridized carbons (Fsp3) is 0.273. The molecule has 0 amide bonds. The predicted molar refractivity (Wildman–Crippen MR) is 56.5 cm³/mol. The number of aryl methyl sites for hydroxylation is 1. The Morgan fingerprint density at radius 2 is 2.25 bits per heavy atom. The molecule has 0 aliphatic carbocycles. The summed E-state index contributed by atoms with van der Waals surface area (Å²) < 4.78 is 0. The molecule has 0 fully saturated rings. The number of hydrogen-bond donors (Lipinski definition) is 0. The van der Waals surface area contributed by atoms with Crippen molar-refractivity contribution in [2.45, 2.75) is 13.3 Å². The fourth-order valence-electron chi connectivity index (χ4n) is 0.935. The first-order valence-electron chi connectivity index (χ1n) is 3.94. The molecule has 0 heterocycles. The molecule has 0 saturated heterocycles. The molecule has 0 aliphatic heterocycles. The van der Waals surface area contributed by atoms with Crippen molar-refractivity contribution in [3.05, 3.63) is 35.4 Å². The highest BCUT2D eigenvalue weighted by atomic mass is 79.9. The van der Waals surface area contributed by atoms with E-state index in [4.69, 9.17) is 0 Å². The van der Waals surface area contributed by atoms with Crippen LogP contribution >= 0.6 is 15.9 Å². The van der Waals surface area contributed by atoms with Gasteiger partial charge in [0.15, 0.2) is 0 Å². The predicted octanol–water partition coefficient (Wildman–Crippen LogP) is 3.13. The normalized spacial score (nSPS) is 8.83. The standard InChI is InChI=1S/C11H11Br/c1-10-5-4-7-11(9-10)6-2-3-8-12/h4-5,7,9H,3,8H2,1H3. The van der Waals surface area contributed by atoms with Crippen molar-refractivity contribution < 1.29 is 0 Å². The van der Waals surface area contributed by atoms with Gasteiger partial charge in [0.1, 0.15) is 0 Å². The van der Waals surface area contributed by atoms with Gasteiger partial charge in [-0.3, -0.25) is 0 Å². The molecule has 62 valence electrons. The Hall–Kier alpha value is -0.740. The number of alkyl halides is 1. The second-order valence-corrected chi connectivity index (χ2v) is 3.40. The summed E-state index contributed by atoms with van der Waals surface area (Å²) in [6.07, 6.45) is 0.911. The monoisotopic (exact) mass is 222 g/mol. The van der Waals surface area contributed by atoms with Gasteiger partial charge in [0.05, 0.1) is 0 Å². The minimum absolute atomic E-state index is 0.911. The average Bonchev–Trinajstić information content (AvgIpc) is 2.05. The van der Waals surface area contributed by atoms with Crippen LogP contribution in [0, 0.1) is 18.8 Å². The highest BCUT2D eigenvalue weighted by Gasteiger charge is 1.85. The summed E-state index contributed by atoms with van der Waals surface area (Å²) in [6, 6.07) is 8.25.